The van der Waals surface area contributed by atoms with Crippen LogP contribution in [0, 0.1) is 0 Å². The smallest absolute Gasteiger partial charge is 0.213 e. The first-order chi connectivity index (χ1) is 17.4. The fourth-order valence-corrected chi connectivity index (χ4v) is 6.52. The fourth-order valence-electron chi connectivity index (χ4n) is 5.38. The SMILES string of the molecule is CCS(=O)(=O)N1CCC(Nc2cc(-c3cccc(CN4CCC(N)CC4)c3)cc3ccncc23)CC1. The number of hydrogen-bond acceptors (Lipinski definition) is 6. The normalized spacial score (nSPS) is 19.1. The second-order valence-corrected chi connectivity index (χ2v) is 12.4. The molecule has 2 aliphatic heterocycles. The number of likely N-dealkylation sites (tertiary alicyclic amines) is 1. The number of fused-ring (bicyclic) bond motifs is 1. The van der Waals surface area contributed by atoms with Crippen LogP contribution in [0.15, 0.2) is 54.9 Å². The van der Waals surface area contributed by atoms with Gasteiger partial charge in [0.2, 0.25) is 10.0 Å². The summed E-state index contributed by atoms with van der Waals surface area (Å²) in [5.41, 5.74) is 10.8. The van der Waals surface area contributed by atoms with Gasteiger partial charge in [0.15, 0.2) is 0 Å². The molecule has 3 heterocycles. The molecule has 0 saturated carbocycles. The number of nitrogens with two attached hydrogens (primary N) is 1. The summed E-state index contributed by atoms with van der Waals surface area (Å²) in [5.74, 6) is 0.161. The van der Waals surface area contributed by atoms with E-state index in [1.807, 2.05) is 12.4 Å². The Labute approximate surface area is 214 Å². The lowest BCUT2D eigenvalue weighted by atomic mass is 9.97. The molecule has 3 N–H and O–H groups in total. The van der Waals surface area contributed by atoms with Crippen molar-refractivity contribution in [1.29, 1.82) is 0 Å². The third-order valence-corrected chi connectivity index (χ3v) is 9.51. The molecule has 7 nitrogen and oxygen atoms in total. The van der Waals surface area contributed by atoms with Crippen LogP contribution in [0.4, 0.5) is 5.69 Å². The summed E-state index contributed by atoms with van der Waals surface area (Å²) in [4.78, 5) is 6.86. The largest absolute Gasteiger partial charge is 0.382 e. The lowest BCUT2D eigenvalue weighted by molar-refractivity contribution is 0.205. The van der Waals surface area contributed by atoms with Crippen molar-refractivity contribution in [3.05, 3.63) is 60.4 Å². The van der Waals surface area contributed by atoms with Gasteiger partial charge in [0.1, 0.15) is 0 Å². The number of benzene rings is 2. The molecule has 0 spiro atoms. The van der Waals surface area contributed by atoms with E-state index < -0.39 is 10.0 Å². The average molecular weight is 508 g/mol. The summed E-state index contributed by atoms with van der Waals surface area (Å²) in [5, 5.41) is 5.96. The Kier molecular flexibility index (Phi) is 7.57. The topological polar surface area (TPSA) is 91.6 Å². The highest BCUT2D eigenvalue weighted by molar-refractivity contribution is 7.89. The van der Waals surface area contributed by atoms with E-state index in [0.717, 1.165) is 61.8 Å². The molecule has 0 bridgehead atoms. The summed E-state index contributed by atoms with van der Waals surface area (Å²) in [6.07, 6.45) is 7.46. The van der Waals surface area contributed by atoms with Crippen LogP contribution < -0.4 is 11.1 Å². The standard InChI is InChI=1S/C28H37N5O2S/c1-2-36(34,35)33-14-9-26(10-15-33)31-28-18-24(17-23-6-11-30-19-27(23)28)22-5-3-4-21(16-22)20-32-12-7-25(29)8-13-32/h3-6,11,16-19,25-26,31H,2,7-10,12-15,20,29H2,1H3. The molecule has 5 rings (SSSR count). The lowest BCUT2D eigenvalue weighted by Gasteiger charge is -2.32. The minimum absolute atomic E-state index is 0.161. The second-order valence-electron chi connectivity index (χ2n) is 10.2. The number of nitrogens with one attached hydrogen (secondary N) is 1. The first-order valence-corrected chi connectivity index (χ1v) is 14.7. The highest BCUT2D eigenvalue weighted by atomic mass is 32.2. The van der Waals surface area contributed by atoms with Crippen LogP contribution in [0.25, 0.3) is 21.9 Å². The van der Waals surface area contributed by atoms with E-state index in [1.165, 1.54) is 16.7 Å². The first kappa shape index (κ1) is 25.1. The molecular formula is C28H37N5O2S. The van der Waals surface area contributed by atoms with Gasteiger partial charge in [-0.15, -0.1) is 0 Å². The predicted octanol–water partition coefficient (Wildman–Crippen LogP) is 4.05. The van der Waals surface area contributed by atoms with Gasteiger partial charge in [-0.3, -0.25) is 9.88 Å². The second kappa shape index (κ2) is 10.8. The van der Waals surface area contributed by atoms with Crippen molar-refractivity contribution in [3.8, 4) is 11.1 Å². The van der Waals surface area contributed by atoms with Crippen molar-refractivity contribution in [2.45, 2.75) is 51.2 Å². The van der Waals surface area contributed by atoms with E-state index in [2.05, 4.69) is 57.7 Å². The van der Waals surface area contributed by atoms with Crippen LogP contribution in [0.5, 0.6) is 0 Å². The molecule has 3 aromatic rings. The average Bonchev–Trinajstić information content (AvgIpc) is 2.90. The summed E-state index contributed by atoms with van der Waals surface area (Å²) in [6, 6.07) is 15.9. The number of rotatable bonds is 7. The zero-order valence-electron chi connectivity index (χ0n) is 21.1. The number of hydrogen-bond donors (Lipinski definition) is 2. The number of anilines is 1. The van der Waals surface area contributed by atoms with Crippen LogP contribution in [-0.4, -0.2) is 66.6 Å². The quantitative estimate of drug-likeness (QED) is 0.501. The maximum atomic E-state index is 12.3. The van der Waals surface area contributed by atoms with Crippen molar-refractivity contribution < 1.29 is 8.42 Å². The minimum atomic E-state index is -3.13. The summed E-state index contributed by atoms with van der Waals surface area (Å²) >= 11 is 0. The van der Waals surface area contributed by atoms with Gasteiger partial charge >= 0.3 is 0 Å². The number of piperidine rings is 2. The maximum Gasteiger partial charge on any atom is 0.213 e. The fraction of sp³-hybridized carbons (Fsp3) is 0.464. The minimum Gasteiger partial charge on any atom is -0.382 e. The zero-order valence-corrected chi connectivity index (χ0v) is 21.9. The van der Waals surface area contributed by atoms with Crippen LogP contribution in [0.2, 0.25) is 0 Å². The number of sulfonamides is 1. The van der Waals surface area contributed by atoms with Crippen molar-refractivity contribution in [2.24, 2.45) is 5.73 Å². The van der Waals surface area contributed by atoms with Gasteiger partial charge in [-0.05, 0) is 92.0 Å². The number of pyridine rings is 1. The van der Waals surface area contributed by atoms with E-state index in [4.69, 9.17) is 5.73 Å². The van der Waals surface area contributed by atoms with Crippen molar-refractivity contribution in [3.63, 3.8) is 0 Å². The molecule has 0 aliphatic carbocycles. The van der Waals surface area contributed by atoms with Gasteiger partial charge in [0, 0.05) is 55.2 Å². The Morgan fingerprint density at radius 1 is 1.00 bits per heavy atom. The van der Waals surface area contributed by atoms with Gasteiger partial charge in [0.25, 0.3) is 0 Å². The molecule has 36 heavy (non-hydrogen) atoms. The van der Waals surface area contributed by atoms with Crippen molar-refractivity contribution in [1.82, 2.24) is 14.2 Å². The van der Waals surface area contributed by atoms with Crippen molar-refractivity contribution in [2.75, 3.05) is 37.2 Å². The van der Waals surface area contributed by atoms with E-state index in [9.17, 15) is 8.42 Å². The monoisotopic (exact) mass is 507 g/mol. The Bertz CT molecular complexity index is 1300. The lowest BCUT2D eigenvalue weighted by Crippen LogP contribution is -2.42. The molecule has 0 atom stereocenters. The highest BCUT2D eigenvalue weighted by Crippen LogP contribution is 2.33. The molecule has 2 fully saturated rings. The van der Waals surface area contributed by atoms with Crippen LogP contribution >= 0.6 is 0 Å². The predicted molar refractivity (Wildman–Crippen MR) is 147 cm³/mol. The first-order valence-electron chi connectivity index (χ1n) is 13.1. The van der Waals surface area contributed by atoms with Gasteiger partial charge in [0.05, 0.1) is 5.75 Å². The third kappa shape index (κ3) is 5.72. The Morgan fingerprint density at radius 3 is 2.53 bits per heavy atom. The van der Waals surface area contributed by atoms with E-state index in [0.29, 0.717) is 19.1 Å². The van der Waals surface area contributed by atoms with Crippen LogP contribution in [0.1, 0.15) is 38.2 Å². The molecule has 2 aliphatic rings. The van der Waals surface area contributed by atoms with Gasteiger partial charge in [-0.2, -0.15) is 0 Å². The Hall–Kier alpha value is -2.52. The molecule has 2 saturated heterocycles. The summed E-state index contributed by atoms with van der Waals surface area (Å²) in [6.45, 7) is 5.89. The maximum absolute atomic E-state index is 12.3. The third-order valence-electron chi connectivity index (χ3n) is 7.63. The molecule has 2 aromatic carbocycles. The molecule has 1 aromatic heterocycles. The van der Waals surface area contributed by atoms with Crippen molar-refractivity contribution >= 4 is 26.5 Å². The Balaban J connectivity index is 1.37. The number of aromatic nitrogens is 1. The van der Waals surface area contributed by atoms with E-state index in [-0.39, 0.29) is 11.8 Å². The highest BCUT2D eigenvalue weighted by Gasteiger charge is 2.27. The molecule has 8 heteroatoms. The zero-order chi connectivity index (χ0) is 25.1. The molecule has 0 unspecified atom stereocenters. The van der Waals surface area contributed by atoms with Gasteiger partial charge < -0.3 is 11.1 Å². The molecule has 0 radical (unpaired) electrons. The van der Waals surface area contributed by atoms with Gasteiger partial charge in [-0.25, -0.2) is 12.7 Å². The van der Waals surface area contributed by atoms with Crippen LogP contribution in [0.3, 0.4) is 0 Å². The molecule has 192 valence electrons. The van der Waals surface area contributed by atoms with E-state index >= 15 is 0 Å². The van der Waals surface area contributed by atoms with E-state index in [1.54, 1.807) is 11.2 Å². The molecule has 0 amide bonds. The summed E-state index contributed by atoms with van der Waals surface area (Å²) < 4.78 is 26.1. The summed E-state index contributed by atoms with van der Waals surface area (Å²) in [7, 11) is -3.13. The molecular weight excluding hydrogens is 470 g/mol. The van der Waals surface area contributed by atoms with Gasteiger partial charge in [-0.1, -0.05) is 18.2 Å². The Morgan fingerprint density at radius 2 is 1.78 bits per heavy atom. The van der Waals surface area contributed by atoms with Crippen LogP contribution in [-0.2, 0) is 16.6 Å². The number of nitrogens with zero attached hydrogens (tertiary/aromatic N) is 3.